The maximum atomic E-state index is 12.3. The molecule has 0 bridgehead atoms. The molecule has 0 saturated carbocycles. The Hall–Kier alpha value is -3.62. The molecule has 3 rings (SSSR count). The number of hydrogen-bond donors (Lipinski definition) is 0. The van der Waals surface area contributed by atoms with Crippen molar-refractivity contribution in [3.05, 3.63) is 48.0 Å². The molecule has 28 heavy (non-hydrogen) atoms. The Morgan fingerprint density at radius 1 is 1.14 bits per heavy atom. The van der Waals surface area contributed by atoms with Gasteiger partial charge in [0.05, 0.1) is 20.8 Å². The van der Waals surface area contributed by atoms with Crippen molar-refractivity contribution >= 4 is 5.97 Å². The predicted molar refractivity (Wildman–Crippen MR) is 97.4 cm³/mol. The van der Waals surface area contributed by atoms with Crippen molar-refractivity contribution in [1.82, 2.24) is 15.1 Å². The molecule has 0 atom stereocenters. The van der Waals surface area contributed by atoms with Crippen molar-refractivity contribution in [2.24, 2.45) is 0 Å². The lowest BCUT2D eigenvalue weighted by Gasteiger charge is -2.07. The largest absolute Gasteiger partial charge is 0.493 e. The second-order valence-electron chi connectivity index (χ2n) is 5.45. The van der Waals surface area contributed by atoms with Crippen LogP contribution in [0.5, 0.6) is 17.4 Å². The highest BCUT2D eigenvalue weighted by atomic mass is 16.6. The summed E-state index contributed by atoms with van der Waals surface area (Å²) in [6.07, 6.45) is 1.54. The minimum absolute atomic E-state index is 0.153. The first-order chi connectivity index (χ1) is 13.7. The number of aromatic nitrogens is 3. The summed E-state index contributed by atoms with van der Waals surface area (Å²) in [6.45, 7) is 2.01. The van der Waals surface area contributed by atoms with Gasteiger partial charge >= 0.3 is 5.97 Å². The first-order valence-electron chi connectivity index (χ1n) is 8.46. The fraction of sp³-hybridized carbons (Fsp3) is 0.263. The summed E-state index contributed by atoms with van der Waals surface area (Å²) in [5.41, 5.74) is 0.897. The highest BCUT2D eigenvalue weighted by molar-refractivity contribution is 5.91. The molecule has 0 fully saturated rings. The van der Waals surface area contributed by atoms with Gasteiger partial charge in [0, 0.05) is 11.8 Å². The number of rotatable bonds is 8. The lowest BCUT2D eigenvalue weighted by molar-refractivity contribution is 0.0424. The van der Waals surface area contributed by atoms with Gasteiger partial charge in [-0.05, 0) is 37.3 Å². The summed E-state index contributed by atoms with van der Waals surface area (Å²) in [7, 11) is 3.09. The topological polar surface area (TPSA) is 106 Å². The van der Waals surface area contributed by atoms with Crippen molar-refractivity contribution < 1.29 is 28.3 Å². The summed E-state index contributed by atoms with van der Waals surface area (Å²) in [5, 5.41) is 3.90. The predicted octanol–water partition coefficient (Wildman–Crippen LogP) is 2.90. The van der Waals surface area contributed by atoms with Crippen molar-refractivity contribution in [1.29, 1.82) is 0 Å². The summed E-state index contributed by atoms with van der Waals surface area (Å²) in [5.74, 6) is 1.24. The van der Waals surface area contributed by atoms with E-state index in [0.717, 1.165) is 0 Å². The van der Waals surface area contributed by atoms with Gasteiger partial charge in [-0.25, -0.2) is 9.78 Å². The Balaban J connectivity index is 1.69. The van der Waals surface area contributed by atoms with Gasteiger partial charge in [-0.3, -0.25) is 0 Å². The van der Waals surface area contributed by atoms with Gasteiger partial charge in [0.25, 0.3) is 5.89 Å². The molecule has 3 aromatic rings. The van der Waals surface area contributed by atoms with E-state index < -0.39 is 5.97 Å². The van der Waals surface area contributed by atoms with Crippen LogP contribution in [0.15, 0.2) is 41.1 Å². The smallest absolute Gasteiger partial charge is 0.344 e. The number of nitrogens with zero attached hydrogens (tertiary/aromatic N) is 3. The van der Waals surface area contributed by atoms with E-state index in [-0.39, 0.29) is 23.9 Å². The summed E-state index contributed by atoms with van der Waals surface area (Å²) in [4.78, 5) is 20.5. The normalized spacial score (nSPS) is 10.4. The molecule has 0 unspecified atom stereocenters. The fourth-order valence-electron chi connectivity index (χ4n) is 2.41. The van der Waals surface area contributed by atoms with Crippen LogP contribution in [0.4, 0.5) is 0 Å². The SMILES string of the molecule is CCOc1ncccc1C(=O)OCc1nc(-c2ccc(OC)c(OC)c2)no1. The molecular formula is C19H19N3O6. The van der Waals surface area contributed by atoms with Crippen molar-refractivity contribution in [3.63, 3.8) is 0 Å². The van der Waals surface area contributed by atoms with Crippen LogP contribution in [-0.2, 0) is 11.3 Å². The first-order valence-corrected chi connectivity index (χ1v) is 8.46. The van der Waals surface area contributed by atoms with Gasteiger partial charge in [-0.15, -0.1) is 0 Å². The minimum atomic E-state index is -0.595. The van der Waals surface area contributed by atoms with Crippen LogP contribution in [0.1, 0.15) is 23.2 Å². The number of methoxy groups -OCH3 is 2. The summed E-state index contributed by atoms with van der Waals surface area (Å²) in [6, 6.07) is 8.43. The highest BCUT2D eigenvalue weighted by Gasteiger charge is 2.17. The molecule has 9 heteroatoms. The van der Waals surface area contributed by atoms with E-state index in [4.69, 9.17) is 23.5 Å². The van der Waals surface area contributed by atoms with E-state index in [9.17, 15) is 4.79 Å². The number of carbonyl (C=O) groups excluding carboxylic acids is 1. The molecule has 9 nitrogen and oxygen atoms in total. The van der Waals surface area contributed by atoms with Crippen molar-refractivity contribution in [2.45, 2.75) is 13.5 Å². The lowest BCUT2D eigenvalue weighted by Crippen LogP contribution is -2.09. The van der Waals surface area contributed by atoms with Crippen LogP contribution in [0.25, 0.3) is 11.4 Å². The third kappa shape index (κ3) is 4.20. The number of carbonyl (C=O) groups is 1. The summed E-state index contributed by atoms with van der Waals surface area (Å²) < 4.78 is 26.2. The number of ether oxygens (including phenoxy) is 4. The first kappa shape index (κ1) is 19.2. The Morgan fingerprint density at radius 2 is 1.96 bits per heavy atom. The highest BCUT2D eigenvalue weighted by Crippen LogP contribution is 2.31. The Kier molecular flexibility index (Phi) is 6.05. The van der Waals surface area contributed by atoms with Crippen molar-refractivity contribution in [3.8, 4) is 28.8 Å². The molecule has 0 N–H and O–H groups in total. The molecule has 0 spiro atoms. The second kappa shape index (κ2) is 8.85. The molecule has 146 valence electrons. The van der Waals surface area contributed by atoms with Crippen LogP contribution < -0.4 is 14.2 Å². The monoisotopic (exact) mass is 385 g/mol. The Morgan fingerprint density at radius 3 is 2.71 bits per heavy atom. The molecule has 0 amide bonds. The van der Waals surface area contributed by atoms with Gasteiger partial charge in [0.15, 0.2) is 18.1 Å². The third-order valence-corrected chi connectivity index (χ3v) is 3.71. The second-order valence-corrected chi connectivity index (χ2v) is 5.45. The molecule has 2 heterocycles. The van der Waals surface area contributed by atoms with Gasteiger partial charge in [0.1, 0.15) is 5.56 Å². The van der Waals surface area contributed by atoms with Gasteiger partial charge < -0.3 is 23.5 Å². The average molecular weight is 385 g/mol. The Bertz CT molecular complexity index is 956. The zero-order chi connectivity index (χ0) is 19.9. The van der Waals surface area contributed by atoms with E-state index in [1.165, 1.54) is 13.3 Å². The van der Waals surface area contributed by atoms with Crippen LogP contribution in [0, 0.1) is 0 Å². The number of esters is 1. The third-order valence-electron chi connectivity index (χ3n) is 3.71. The van der Waals surface area contributed by atoms with Crippen LogP contribution >= 0.6 is 0 Å². The molecule has 0 saturated heterocycles. The van der Waals surface area contributed by atoms with Gasteiger partial charge in [-0.2, -0.15) is 4.98 Å². The molecular weight excluding hydrogens is 366 g/mol. The Labute approximate surface area is 161 Å². The molecule has 2 aromatic heterocycles. The molecule has 0 aliphatic rings. The van der Waals surface area contributed by atoms with E-state index in [1.807, 2.05) is 0 Å². The van der Waals surface area contributed by atoms with E-state index in [1.54, 1.807) is 44.4 Å². The number of pyridine rings is 1. The van der Waals surface area contributed by atoms with Gasteiger partial charge in [0.2, 0.25) is 11.7 Å². The molecule has 1 aromatic carbocycles. The average Bonchev–Trinajstić information content (AvgIpc) is 3.21. The molecule has 0 aliphatic carbocycles. The van der Waals surface area contributed by atoms with E-state index >= 15 is 0 Å². The van der Waals surface area contributed by atoms with Crippen LogP contribution in [0.3, 0.4) is 0 Å². The number of benzene rings is 1. The zero-order valence-corrected chi connectivity index (χ0v) is 15.7. The number of hydrogen-bond acceptors (Lipinski definition) is 9. The molecule has 0 aliphatic heterocycles. The standard InChI is InChI=1S/C19H19N3O6/c1-4-26-18-13(6-5-9-20-18)19(23)27-11-16-21-17(22-28-16)12-7-8-14(24-2)15(10-12)25-3/h5-10H,4,11H2,1-3H3. The minimum Gasteiger partial charge on any atom is -0.493 e. The maximum Gasteiger partial charge on any atom is 0.344 e. The van der Waals surface area contributed by atoms with E-state index in [2.05, 4.69) is 15.1 Å². The lowest BCUT2D eigenvalue weighted by atomic mass is 10.2. The quantitative estimate of drug-likeness (QED) is 0.541. The van der Waals surface area contributed by atoms with E-state index in [0.29, 0.717) is 29.5 Å². The zero-order valence-electron chi connectivity index (χ0n) is 15.7. The maximum absolute atomic E-state index is 12.3. The van der Waals surface area contributed by atoms with Crippen LogP contribution in [0.2, 0.25) is 0 Å². The van der Waals surface area contributed by atoms with Gasteiger partial charge in [-0.1, -0.05) is 5.16 Å². The fourth-order valence-corrected chi connectivity index (χ4v) is 2.41. The van der Waals surface area contributed by atoms with Crippen LogP contribution in [-0.4, -0.2) is 41.9 Å². The van der Waals surface area contributed by atoms with Crippen molar-refractivity contribution in [2.75, 3.05) is 20.8 Å². The summed E-state index contributed by atoms with van der Waals surface area (Å²) >= 11 is 0. The molecule has 0 radical (unpaired) electrons.